The van der Waals surface area contributed by atoms with Gasteiger partial charge in [-0.15, -0.1) is 0 Å². The van der Waals surface area contributed by atoms with Crippen molar-refractivity contribution in [3.05, 3.63) is 216 Å². The van der Waals surface area contributed by atoms with Crippen LogP contribution in [0.1, 0.15) is 56.7 Å². The second-order valence-corrected chi connectivity index (χ2v) is 14.3. The van der Waals surface area contributed by atoms with Crippen LogP contribution < -0.4 is 0 Å². The van der Waals surface area contributed by atoms with E-state index in [2.05, 4.69) is 222 Å². The molecule has 0 aliphatic rings. The molecule has 0 saturated heterocycles. The van der Waals surface area contributed by atoms with Gasteiger partial charge in [0.1, 0.15) is 0 Å². The molecular weight excluding hydrogens is 637 g/mol. The van der Waals surface area contributed by atoms with Crippen LogP contribution in [-0.4, -0.2) is 0 Å². The third-order valence-electron chi connectivity index (χ3n) is 10.8. The van der Waals surface area contributed by atoms with Crippen molar-refractivity contribution in [2.45, 2.75) is 40.0 Å². The molecule has 0 amide bonds. The van der Waals surface area contributed by atoms with E-state index >= 15 is 0 Å². The molecule has 0 fully saturated rings. The summed E-state index contributed by atoms with van der Waals surface area (Å²) < 4.78 is 0. The maximum Gasteiger partial charge on any atom is 0.00526 e. The molecule has 0 spiro atoms. The van der Waals surface area contributed by atoms with Crippen molar-refractivity contribution < 1.29 is 0 Å². The van der Waals surface area contributed by atoms with Crippen molar-refractivity contribution in [2.75, 3.05) is 0 Å². The molecule has 7 aromatic carbocycles. The van der Waals surface area contributed by atoms with Crippen LogP contribution in [0.25, 0.3) is 55.7 Å². The van der Waals surface area contributed by atoms with Crippen molar-refractivity contribution >= 4 is 11.1 Å². The fourth-order valence-corrected chi connectivity index (χ4v) is 7.76. The average Bonchev–Trinajstić information content (AvgIpc) is 3.23. The van der Waals surface area contributed by atoms with Gasteiger partial charge < -0.3 is 0 Å². The molecule has 0 N–H and O–H groups in total. The van der Waals surface area contributed by atoms with Crippen LogP contribution in [0.4, 0.5) is 0 Å². The highest BCUT2D eigenvalue weighted by Crippen LogP contribution is 2.44. The Bertz CT molecular complexity index is 2310. The lowest BCUT2D eigenvalue weighted by molar-refractivity contribution is 0.520. The summed E-state index contributed by atoms with van der Waals surface area (Å²) in [6, 6.07) is 68.1. The minimum atomic E-state index is 0.301. The van der Waals surface area contributed by atoms with Crippen LogP contribution in [0.2, 0.25) is 0 Å². The molecule has 0 aliphatic heterocycles. The lowest BCUT2D eigenvalue weighted by Crippen LogP contribution is -2.09. The van der Waals surface area contributed by atoms with Gasteiger partial charge in [-0.25, -0.2) is 0 Å². The van der Waals surface area contributed by atoms with Gasteiger partial charge in [-0.05, 0) is 112 Å². The molecule has 0 heterocycles. The Kier molecular flexibility index (Phi) is 11.1. The molecule has 0 saturated carbocycles. The van der Waals surface area contributed by atoms with Gasteiger partial charge in [0.2, 0.25) is 0 Å². The van der Waals surface area contributed by atoms with Crippen molar-refractivity contribution in [2.24, 2.45) is 5.92 Å². The monoisotopic (exact) mass is 684 g/mol. The highest BCUT2D eigenvalue weighted by atomic mass is 14.2. The Morgan fingerprint density at radius 2 is 0.962 bits per heavy atom. The summed E-state index contributed by atoms with van der Waals surface area (Å²) in [5, 5.41) is 0. The molecule has 0 heteroatoms. The third kappa shape index (κ3) is 8.09. The zero-order chi connectivity index (χ0) is 36.6. The van der Waals surface area contributed by atoms with Gasteiger partial charge in [-0.3, -0.25) is 0 Å². The van der Waals surface area contributed by atoms with Crippen molar-refractivity contribution in [3.63, 3.8) is 0 Å². The number of allylic oxidation sites excluding steroid dienone is 4. The van der Waals surface area contributed by atoms with E-state index in [4.69, 9.17) is 0 Å². The minimum absolute atomic E-state index is 0.301. The Morgan fingerprint density at radius 3 is 1.57 bits per heavy atom. The second-order valence-electron chi connectivity index (χ2n) is 14.3. The predicted molar refractivity (Wildman–Crippen MR) is 230 cm³/mol. The number of hydrogen-bond donors (Lipinski definition) is 0. The summed E-state index contributed by atoms with van der Waals surface area (Å²) in [7, 11) is 0. The molecule has 7 rings (SSSR count). The fourth-order valence-electron chi connectivity index (χ4n) is 7.76. The number of benzene rings is 7. The normalized spacial score (nSPS) is 13.2. The second kappa shape index (κ2) is 16.6. The molecule has 0 aromatic heterocycles. The van der Waals surface area contributed by atoms with Gasteiger partial charge in [0, 0.05) is 5.92 Å². The standard InChI is InChI=1S/C53H48/c1-38(35-40(3)51(44-25-14-7-15-26-44)36-39(2)42-21-10-5-11-22-42)41(4)47-33-34-49(52(37-47)45-27-16-8-17-28-45)50-32-20-31-48(43-23-12-6-13-24-43)53(50)46-29-18-9-19-30-46/h5-34,36-37,40,51H,35H2,1-4H3/b39-36+,41-38+. The molecule has 0 nitrogen and oxygen atoms in total. The van der Waals surface area contributed by atoms with Crippen LogP contribution in [0.3, 0.4) is 0 Å². The van der Waals surface area contributed by atoms with Crippen LogP contribution in [0, 0.1) is 5.92 Å². The van der Waals surface area contributed by atoms with E-state index in [1.165, 1.54) is 77.9 Å². The predicted octanol–water partition coefficient (Wildman–Crippen LogP) is 15.1. The summed E-state index contributed by atoms with van der Waals surface area (Å²) >= 11 is 0. The lowest BCUT2D eigenvalue weighted by Gasteiger charge is -2.24. The van der Waals surface area contributed by atoms with E-state index in [1.807, 2.05) is 0 Å². The van der Waals surface area contributed by atoms with Crippen LogP contribution >= 0.6 is 0 Å². The largest absolute Gasteiger partial charge is 0.0732 e. The molecule has 0 aliphatic carbocycles. The first-order valence-electron chi connectivity index (χ1n) is 18.9. The highest BCUT2D eigenvalue weighted by Gasteiger charge is 2.21. The molecule has 260 valence electrons. The lowest BCUT2D eigenvalue weighted by atomic mass is 9.80. The fraction of sp³-hybridized carbons (Fsp3) is 0.132. The maximum atomic E-state index is 2.48. The molecule has 7 aromatic rings. The quantitative estimate of drug-likeness (QED) is 0.127. The van der Waals surface area contributed by atoms with Crippen molar-refractivity contribution in [1.29, 1.82) is 0 Å². The van der Waals surface area contributed by atoms with Gasteiger partial charge in [-0.2, -0.15) is 0 Å². The van der Waals surface area contributed by atoms with E-state index in [9.17, 15) is 0 Å². The number of hydrogen-bond acceptors (Lipinski definition) is 0. The molecule has 53 heavy (non-hydrogen) atoms. The number of rotatable bonds is 11. The maximum absolute atomic E-state index is 2.48. The summed E-state index contributed by atoms with van der Waals surface area (Å²) in [6.07, 6.45) is 3.48. The van der Waals surface area contributed by atoms with E-state index in [0.29, 0.717) is 11.8 Å². The first kappa shape index (κ1) is 35.4. The SMILES string of the molecule is C/C(=C\C(c1ccccc1)C(C)C/C(C)=C(\C)c1ccc(-c2cccc(-c3ccccc3)c2-c2ccccc2)c(-c2ccccc2)c1)c1ccccc1. The zero-order valence-corrected chi connectivity index (χ0v) is 31.3. The van der Waals surface area contributed by atoms with Gasteiger partial charge in [0.25, 0.3) is 0 Å². The molecule has 2 atom stereocenters. The summed E-state index contributed by atoms with van der Waals surface area (Å²) in [5.41, 5.74) is 17.9. The van der Waals surface area contributed by atoms with Crippen LogP contribution in [-0.2, 0) is 0 Å². The van der Waals surface area contributed by atoms with E-state index in [-0.39, 0.29) is 0 Å². The Labute approximate surface area is 316 Å². The van der Waals surface area contributed by atoms with Gasteiger partial charge in [0.05, 0.1) is 0 Å². The van der Waals surface area contributed by atoms with Crippen LogP contribution in [0.15, 0.2) is 200 Å². The molecule has 2 unspecified atom stereocenters. The average molecular weight is 685 g/mol. The smallest absolute Gasteiger partial charge is 0.00526 e. The first-order valence-corrected chi connectivity index (χ1v) is 18.9. The third-order valence-corrected chi connectivity index (χ3v) is 10.8. The molecule has 0 bridgehead atoms. The van der Waals surface area contributed by atoms with Crippen molar-refractivity contribution in [3.8, 4) is 44.5 Å². The Hall–Kier alpha value is -5.98. The van der Waals surface area contributed by atoms with E-state index < -0.39 is 0 Å². The van der Waals surface area contributed by atoms with Gasteiger partial charge in [0.15, 0.2) is 0 Å². The summed E-state index contributed by atoms with van der Waals surface area (Å²) in [6.45, 7) is 9.29. The first-order chi connectivity index (χ1) is 26.0. The van der Waals surface area contributed by atoms with Crippen LogP contribution in [0.5, 0.6) is 0 Å². The van der Waals surface area contributed by atoms with Crippen molar-refractivity contribution in [1.82, 2.24) is 0 Å². The molecule has 0 radical (unpaired) electrons. The van der Waals surface area contributed by atoms with E-state index in [0.717, 1.165) is 6.42 Å². The summed E-state index contributed by atoms with van der Waals surface area (Å²) in [4.78, 5) is 0. The van der Waals surface area contributed by atoms with Gasteiger partial charge in [-0.1, -0.05) is 201 Å². The summed E-state index contributed by atoms with van der Waals surface area (Å²) in [5.74, 6) is 0.711. The minimum Gasteiger partial charge on any atom is -0.0732 e. The van der Waals surface area contributed by atoms with Gasteiger partial charge >= 0.3 is 0 Å². The Balaban J connectivity index is 1.30. The zero-order valence-electron chi connectivity index (χ0n) is 31.3. The topological polar surface area (TPSA) is 0 Å². The molecular formula is C53H48. The highest BCUT2D eigenvalue weighted by molar-refractivity contribution is 5.99. The Morgan fingerprint density at radius 1 is 0.453 bits per heavy atom. The van der Waals surface area contributed by atoms with E-state index in [1.54, 1.807) is 0 Å².